The van der Waals surface area contributed by atoms with Crippen LogP contribution < -0.4 is 11.1 Å². The van der Waals surface area contributed by atoms with E-state index in [0.29, 0.717) is 26.1 Å². The van der Waals surface area contributed by atoms with E-state index in [1.165, 1.54) is 6.92 Å². The Balaban J connectivity index is 1.95. The fraction of sp³-hybridized carbons (Fsp3) is 0.588. The van der Waals surface area contributed by atoms with Crippen molar-refractivity contribution in [2.24, 2.45) is 11.7 Å². The summed E-state index contributed by atoms with van der Waals surface area (Å²) < 4.78 is 0. The number of nitrogens with one attached hydrogen (secondary N) is 1. The fourth-order valence-corrected chi connectivity index (χ4v) is 2.82. The van der Waals surface area contributed by atoms with Crippen LogP contribution in [-0.4, -0.2) is 40.8 Å². The number of hydrogen-bond donors (Lipinski definition) is 2. The van der Waals surface area contributed by atoms with E-state index in [4.69, 9.17) is 5.73 Å². The van der Waals surface area contributed by atoms with Crippen LogP contribution in [0.3, 0.4) is 0 Å². The zero-order chi connectivity index (χ0) is 17.0. The first-order valence-electron chi connectivity index (χ1n) is 8.07. The molecule has 1 aromatic rings. The third-order valence-electron chi connectivity index (χ3n) is 4.46. The molecule has 0 unspecified atom stereocenters. The molecule has 2 heterocycles. The van der Waals surface area contributed by atoms with Gasteiger partial charge < -0.3 is 16.0 Å². The highest BCUT2D eigenvalue weighted by atomic mass is 16.2. The Hall–Kier alpha value is -1.95. The summed E-state index contributed by atoms with van der Waals surface area (Å²) in [7, 11) is 0. The number of amides is 2. The van der Waals surface area contributed by atoms with Crippen molar-refractivity contribution in [1.29, 1.82) is 0 Å². The molecule has 0 saturated carbocycles. The number of aryl methyl sites for hydroxylation is 2. The van der Waals surface area contributed by atoms with Crippen LogP contribution in [0.15, 0.2) is 12.3 Å². The first-order chi connectivity index (χ1) is 10.9. The predicted octanol–water partition coefficient (Wildman–Crippen LogP) is 0.900. The van der Waals surface area contributed by atoms with Gasteiger partial charge in [0.2, 0.25) is 11.8 Å². The number of carbonyl (C=O) groups excluding carboxylic acids is 2. The highest BCUT2D eigenvalue weighted by molar-refractivity contribution is 5.80. The van der Waals surface area contributed by atoms with E-state index < -0.39 is 0 Å². The Kier molecular flexibility index (Phi) is 5.71. The smallest absolute Gasteiger partial charge is 0.225 e. The van der Waals surface area contributed by atoms with Crippen molar-refractivity contribution in [3.8, 4) is 0 Å². The first-order valence-corrected chi connectivity index (χ1v) is 8.07. The van der Waals surface area contributed by atoms with Crippen LogP contribution in [0.4, 0.5) is 0 Å². The molecule has 0 radical (unpaired) electrons. The van der Waals surface area contributed by atoms with E-state index in [2.05, 4.69) is 10.3 Å². The minimum atomic E-state index is -0.202. The lowest BCUT2D eigenvalue weighted by atomic mass is 10.0. The van der Waals surface area contributed by atoms with Crippen LogP contribution in [0.25, 0.3) is 0 Å². The molecule has 0 aromatic carbocycles. The van der Waals surface area contributed by atoms with E-state index in [-0.39, 0.29) is 23.8 Å². The molecule has 2 atom stereocenters. The van der Waals surface area contributed by atoms with Crippen LogP contribution in [0, 0.1) is 19.8 Å². The summed E-state index contributed by atoms with van der Waals surface area (Å²) in [5.41, 5.74) is 9.08. The lowest BCUT2D eigenvalue weighted by Crippen LogP contribution is -2.42. The van der Waals surface area contributed by atoms with Crippen molar-refractivity contribution in [2.45, 2.75) is 46.2 Å². The zero-order valence-corrected chi connectivity index (χ0v) is 14.1. The maximum absolute atomic E-state index is 12.4. The zero-order valence-electron chi connectivity index (χ0n) is 14.1. The largest absolute Gasteiger partial charge is 0.352 e. The molecule has 0 spiro atoms. The van der Waals surface area contributed by atoms with Gasteiger partial charge in [0.15, 0.2) is 0 Å². The number of rotatable bonds is 3. The molecule has 1 aromatic heterocycles. The topological polar surface area (TPSA) is 88.3 Å². The molecule has 1 saturated heterocycles. The average Bonchev–Trinajstić information content (AvgIpc) is 2.70. The van der Waals surface area contributed by atoms with Crippen molar-refractivity contribution in [3.05, 3.63) is 29.1 Å². The number of carbonyl (C=O) groups is 2. The summed E-state index contributed by atoms with van der Waals surface area (Å²) in [5, 5.41) is 2.96. The minimum absolute atomic E-state index is 0.0245. The summed E-state index contributed by atoms with van der Waals surface area (Å²) in [5.74, 6) is -0.256. The fourth-order valence-electron chi connectivity index (χ4n) is 2.82. The monoisotopic (exact) mass is 318 g/mol. The Morgan fingerprint density at radius 1 is 1.35 bits per heavy atom. The van der Waals surface area contributed by atoms with Crippen molar-refractivity contribution in [2.75, 3.05) is 13.1 Å². The minimum Gasteiger partial charge on any atom is -0.352 e. The molecule has 0 aliphatic carbocycles. The molecular weight excluding hydrogens is 292 g/mol. The van der Waals surface area contributed by atoms with E-state index in [1.54, 1.807) is 11.1 Å². The van der Waals surface area contributed by atoms with Crippen molar-refractivity contribution in [1.82, 2.24) is 15.2 Å². The predicted molar refractivity (Wildman–Crippen MR) is 88.5 cm³/mol. The Morgan fingerprint density at radius 2 is 2.09 bits per heavy atom. The molecule has 126 valence electrons. The van der Waals surface area contributed by atoms with Gasteiger partial charge in [-0.15, -0.1) is 0 Å². The quantitative estimate of drug-likeness (QED) is 0.867. The highest BCUT2D eigenvalue weighted by Gasteiger charge is 2.28. The Morgan fingerprint density at radius 3 is 2.74 bits per heavy atom. The van der Waals surface area contributed by atoms with Gasteiger partial charge in [0.1, 0.15) is 0 Å². The van der Waals surface area contributed by atoms with Gasteiger partial charge in [-0.2, -0.15) is 0 Å². The van der Waals surface area contributed by atoms with E-state index in [0.717, 1.165) is 23.2 Å². The second-order valence-corrected chi connectivity index (χ2v) is 6.42. The molecule has 2 rings (SSSR count). The van der Waals surface area contributed by atoms with E-state index >= 15 is 0 Å². The van der Waals surface area contributed by atoms with Crippen LogP contribution >= 0.6 is 0 Å². The number of nitrogens with zero attached hydrogens (tertiary/aromatic N) is 2. The van der Waals surface area contributed by atoms with Crippen molar-refractivity contribution in [3.63, 3.8) is 0 Å². The first kappa shape index (κ1) is 17.4. The number of pyridine rings is 1. The molecule has 0 bridgehead atoms. The maximum Gasteiger partial charge on any atom is 0.225 e. The average molecular weight is 318 g/mol. The standard InChI is InChI=1S/C17H26N4O2/c1-11-6-14(7-19-12(11)2)8-20-17(23)15-4-5-16(18)10-21(9-15)13(3)22/h6-7,15-16H,4-5,8-10,18H2,1-3H3,(H,20,23)/t15-,16+/m1/s1. The number of hydrogen-bond acceptors (Lipinski definition) is 4. The molecule has 23 heavy (non-hydrogen) atoms. The number of aromatic nitrogens is 1. The van der Waals surface area contributed by atoms with Gasteiger partial charge in [0.05, 0.1) is 5.92 Å². The summed E-state index contributed by atoms with van der Waals surface area (Å²) >= 11 is 0. The van der Waals surface area contributed by atoms with E-state index in [9.17, 15) is 9.59 Å². The second kappa shape index (κ2) is 7.55. The SMILES string of the molecule is CC(=O)N1C[C@@H](N)CC[C@@H](C(=O)NCc2cnc(C)c(C)c2)C1. The summed E-state index contributed by atoms with van der Waals surface area (Å²) in [6.45, 7) is 6.91. The number of nitrogens with two attached hydrogens (primary N) is 1. The lowest BCUT2D eigenvalue weighted by molar-refractivity contribution is -0.131. The Labute approximate surface area is 137 Å². The molecule has 6 heteroatoms. The molecule has 3 N–H and O–H groups in total. The van der Waals surface area contributed by atoms with Crippen LogP contribution in [0.2, 0.25) is 0 Å². The molecule has 6 nitrogen and oxygen atoms in total. The molecular formula is C17H26N4O2. The van der Waals surface area contributed by atoms with Gasteiger partial charge in [-0.3, -0.25) is 14.6 Å². The summed E-state index contributed by atoms with van der Waals surface area (Å²) in [6.07, 6.45) is 3.25. The summed E-state index contributed by atoms with van der Waals surface area (Å²) in [4.78, 5) is 30.1. The Bertz CT molecular complexity index is 588. The van der Waals surface area contributed by atoms with Crippen LogP contribution in [0.5, 0.6) is 0 Å². The molecule has 1 aliphatic rings. The van der Waals surface area contributed by atoms with Gasteiger partial charge in [0, 0.05) is 44.5 Å². The number of likely N-dealkylation sites (tertiary alicyclic amines) is 1. The van der Waals surface area contributed by atoms with Crippen molar-refractivity contribution < 1.29 is 9.59 Å². The van der Waals surface area contributed by atoms with Gasteiger partial charge >= 0.3 is 0 Å². The van der Waals surface area contributed by atoms with Crippen LogP contribution in [-0.2, 0) is 16.1 Å². The molecule has 1 aliphatic heterocycles. The highest BCUT2D eigenvalue weighted by Crippen LogP contribution is 2.17. The van der Waals surface area contributed by atoms with Gasteiger partial charge in [0.25, 0.3) is 0 Å². The van der Waals surface area contributed by atoms with Crippen molar-refractivity contribution >= 4 is 11.8 Å². The van der Waals surface area contributed by atoms with E-state index in [1.807, 2.05) is 19.9 Å². The third-order valence-corrected chi connectivity index (χ3v) is 4.46. The van der Waals surface area contributed by atoms with Gasteiger partial charge in [-0.25, -0.2) is 0 Å². The third kappa shape index (κ3) is 4.76. The van der Waals surface area contributed by atoms with Gasteiger partial charge in [-0.1, -0.05) is 6.07 Å². The van der Waals surface area contributed by atoms with Gasteiger partial charge in [-0.05, 0) is 37.8 Å². The maximum atomic E-state index is 12.4. The van der Waals surface area contributed by atoms with Crippen LogP contribution in [0.1, 0.15) is 36.6 Å². The molecule has 2 amide bonds. The second-order valence-electron chi connectivity index (χ2n) is 6.42. The summed E-state index contributed by atoms with van der Waals surface area (Å²) in [6, 6.07) is 1.98. The molecule has 1 fully saturated rings. The normalized spacial score (nSPS) is 21.7. The lowest BCUT2D eigenvalue weighted by Gasteiger charge is -2.23.